The lowest BCUT2D eigenvalue weighted by molar-refractivity contribution is -0.385. The third-order valence-electron chi connectivity index (χ3n) is 3.81. The smallest absolute Gasteiger partial charge is 0.269 e. The second kappa shape index (κ2) is 5.58. The number of nitro groups is 1. The van der Waals surface area contributed by atoms with E-state index in [2.05, 4.69) is 11.6 Å². The molecule has 114 valence electrons. The number of aliphatic hydroxyl groups is 1. The number of thioether (sulfide) groups is 1. The molecule has 1 aromatic heterocycles. The highest BCUT2D eigenvalue weighted by Gasteiger charge is 2.46. The maximum absolute atomic E-state index is 10.9. The highest BCUT2D eigenvalue weighted by Crippen LogP contribution is 2.55. The highest BCUT2D eigenvalue weighted by atomic mass is 32.2. The zero-order valence-electron chi connectivity index (χ0n) is 11.8. The van der Waals surface area contributed by atoms with E-state index in [1.165, 1.54) is 12.1 Å². The van der Waals surface area contributed by atoms with Gasteiger partial charge in [-0.25, -0.2) is 4.98 Å². The molecule has 1 N–H and O–H groups in total. The summed E-state index contributed by atoms with van der Waals surface area (Å²) < 4.78 is 1.38. The number of aliphatic hydroxyl groups excluding tert-OH is 1. The first kappa shape index (κ1) is 14.8. The maximum atomic E-state index is 10.9. The number of rotatable bonds is 5. The second-order valence-corrected chi connectivity index (χ2v) is 6.73. The zero-order valence-corrected chi connectivity index (χ0v) is 12.6. The van der Waals surface area contributed by atoms with Crippen molar-refractivity contribution in [3.63, 3.8) is 0 Å². The SMILES string of the molecule is C=CCC1(Cn2ccnc2)Sc2ccc([N+](=O)[O-])cc2C1O. The summed E-state index contributed by atoms with van der Waals surface area (Å²) in [5.74, 6) is 0. The molecule has 6 nitrogen and oxygen atoms in total. The molecule has 0 aliphatic carbocycles. The molecule has 3 rings (SSSR count). The minimum atomic E-state index is -0.798. The van der Waals surface area contributed by atoms with Gasteiger partial charge in [-0.3, -0.25) is 10.1 Å². The van der Waals surface area contributed by atoms with E-state index in [1.807, 2.05) is 10.8 Å². The first-order valence-corrected chi connectivity index (χ1v) is 7.59. The minimum absolute atomic E-state index is 0.00423. The number of allylic oxidation sites excluding steroid dienone is 1. The van der Waals surface area contributed by atoms with Crippen molar-refractivity contribution in [2.24, 2.45) is 0 Å². The Hall–Kier alpha value is -2.12. The molecule has 0 bridgehead atoms. The molecule has 0 saturated carbocycles. The molecular weight excluding hydrogens is 302 g/mol. The van der Waals surface area contributed by atoms with Crippen LogP contribution >= 0.6 is 11.8 Å². The van der Waals surface area contributed by atoms with Crippen molar-refractivity contribution in [1.29, 1.82) is 0 Å². The van der Waals surface area contributed by atoms with E-state index in [0.717, 1.165) is 4.90 Å². The molecule has 0 fully saturated rings. The average Bonchev–Trinajstić information content (AvgIpc) is 3.07. The van der Waals surface area contributed by atoms with Gasteiger partial charge in [-0.05, 0) is 12.5 Å². The van der Waals surface area contributed by atoms with Gasteiger partial charge in [0, 0.05) is 41.5 Å². The van der Waals surface area contributed by atoms with Crippen LogP contribution in [0.3, 0.4) is 0 Å². The largest absolute Gasteiger partial charge is 0.387 e. The fourth-order valence-electron chi connectivity index (χ4n) is 2.78. The molecule has 1 aromatic carbocycles. The Bertz CT molecular complexity index is 717. The van der Waals surface area contributed by atoms with Gasteiger partial charge in [-0.1, -0.05) is 6.08 Å². The van der Waals surface area contributed by atoms with Crippen LogP contribution in [0.25, 0.3) is 0 Å². The van der Waals surface area contributed by atoms with Crippen LogP contribution < -0.4 is 0 Å². The van der Waals surface area contributed by atoms with Gasteiger partial charge in [-0.15, -0.1) is 18.3 Å². The summed E-state index contributed by atoms with van der Waals surface area (Å²) in [6.07, 6.45) is 6.78. The van der Waals surface area contributed by atoms with Gasteiger partial charge in [0.05, 0.1) is 22.1 Å². The first-order valence-electron chi connectivity index (χ1n) is 6.78. The molecule has 2 unspecified atom stereocenters. The molecule has 2 heterocycles. The van der Waals surface area contributed by atoms with E-state index < -0.39 is 15.8 Å². The Labute approximate surface area is 131 Å². The highest BCUT2D eigenvalue weighted by molar-refractivity contribution is 8.01. The van der Waals surface area contributed by atoms with Crippen LogP contribution in [0.1, 0.15) is 18.1 Å². The van der Waals surface area contributed by atoms with Crippen molar-refractivity contribution in [3.8, 4) is 0 Å². The van der Waals surface area contributed by atoms with Crippen LogP contribution in [-0.4, -0.2) is 24.3 Å². The number of benzene rings is 1. The quantitative estimate of drug-likeness (QED) is 0.521. The average molecular weight is 317 g/mol. The van der Waals surface area contributed by atoms with Crippen LogP contribution in [0.2, 0.25) is 0 Å². The van der Waals surface area contributed by atoms with Crippen molar-refractivity contribution in [2.45, 2.75) is 28.7 Å². The number of nitro benzene ring substituents is 1. The van der Waals surface area contributed by atoms with E-state index in [9.17, 15) is 15.2 Å². The molecule has 1 aliphatic rings. The standard InChI is InChI=1S/C15H15N3O3S/c1-2-5-15(9-17-7-6-16-10-17)14(19)12-8-11(18(20)21)3-4-13(12)22-15/h2-4,6-8,10,14,19H,1,5,9H2. The monoisotopic (exact) mass is 317 g/mol. The maximum Gasteiger partial charge on any atom is 0.269 e. The van der Waals surface area contributed by atoms with Crippen molar-refractivity contribution >= 4 is 17.4 Å². The van der Waals surface area contributed by atoms with Gasteiger partial charge >= 0.3 is 0 Å². The normalized spacial score (nSPS) is 23.2. The van der Waals surface area contributed by atoms with E-state index in [0.29, 0.717) is 18.5 Å². The number of non-ortho nitro benzene ring substituents is 1. The number of fused-ring (bicyclic) bond motifs is 1. The van der Waals surface area contributed by atoms with Crippen LogP contribution in [0.5, 0.6) is 0 Å². The fourth-order valence-corrected chi connectivity index (χ4v) is 4.30. The molecule has 1 aliphatic heterocycles. The summed E-state index contributed by atoms with van der Waals surface area (Å²) in [5, 5.41) is 21.7. The molecule has 0 saturated heterocycles. The summed E-state index contributed by atoms with van der Waals surface area (Å²) in [5.41, 5.74) is 0.608. The molecule has 7 heteroatoms. The number of imidazole rings is 1. The minimum Gasteiger partial charge on any atom is -0.387 e. The lowest BCUT2D eigenvalue weighted by atomic mass is 9.92. The Balaban J connectivity index is 1.99. The topological polar surface area (TPSA) is 81.2 Å². The third kappa shape index (κ3) is 2.42. The Morgan fingerprint density at radius 2 is 2.41 bits per heavy atom. The molecule has 0 spiro atoms. The third-order valence-corrected chi connectivity index (χ3v) is 5.33. The van der Waals surface area contributed by atoms with E-state index >= 15 is 0 Å². The summed E-state index contributed by atoms with van der Waals surface area (Å²) in [7, 11) is 0. The molecule has 2 atom stereocenters. The summed E-state index contributed by atoms with van der Waals surface area (Å²) >= 11 is 1.54. The molecule has 0 radical (unpaired) electrons. The van der Waals surface area contributed by atoms with Crippen LogP contribution in [-0.2, 0) is 6.54 Å². The van der Waals surface area contributed by atoms with Crippen LogP contribution in [0.15, 0.2) is 54.5 Å². The van der Waals surface area contributed by atoms with Gasteiger partial charge in [0.2, 0.25) is 0 Å². The lowest BCUT2D eigenvalue weighted by Crippen LogP contribution is -2.33. The van der Waals surface area contributed by atoms with E-state index in [-0.39, 0.29) is 5.69 Å². The predicted molar refractivity (Wildman–Crippen MR) is 83.7 cm³/mol. The molecule has 22 heavy (non-hydrogen) atoms. The van der Waals surface area contributed by atoms with Crippen LogP contribution in [0, 0.1) is 10.1 Å². The zero-order chi connectivity index (χ0) is 15.7. The Kier molecular flexibility index (Phi) is 3.76. The summed E-state index contributed by atoms with van der Waals surface area (Å²) in [6.45, 7) is 4.33. The number of hydrogen-bond acceptors (Lipinski definition) is 5. The number of hydrogen-bond donors (Lipinski definition) is 1. The Morgan fingerprint density at radius 1 is 1.59 bits per heavy atom. The molecule has 0 amide bonds. The van der Waals surface area contributed by atoms with Crippen LogP contribution in [0.4, 0.5) is 5.69 Å². The van der Waals surface area contributed by atoms with Crippen molar-refractivity contribution in [3.05, 3.63) is 65.3 Å². The van der Waals surface area contributed by atoms with Gasteiger partial charge in [0.15, 0.2) is 0 Å². The summed E-state index contributed by atoms with van der Waals surface area (Å²) in [6, 6.07) is 4.64. The second-order valence-electron chi connectivity index (χ2n) is 5.28. The molecular formula is C15H15N3O3S. The van der Waals surface area contributed by atoms with Gasteiger partial charge in [0.1, 0.15) is 0 Å². The van der Waals surface area contributed by atoms with Crippen molar-refractivity contribution in [1.82, 2.24) is 9.55 Å². The summed E-state index contributed by atoms with van der Waals surface area (Å²) in [4.78, 5) is 15.4. The molecule has 2 aromatic rings. The lowest BCUT2D eigenvalue weighted by Gasteiger charge is -2.31. The number of nitrogens with zero attached hydrogens (tertiary/aromatic N) is 3. The first-order chi connectivity index (χ1) is 10.6. The van der Waals surface area contributed by atoms with Crippen molar-refractivity contribution < 1.29 is 10.0 Å². The fraction of sp³-hybridized carbons (Fsp3) is 0.267. The number of aromatic nitrogens is 2. The van der Waals surface area contributed by atoms with E-state index in [4.69, 9.17) is 0 Å². The van der Waals surface area contributed by atoms with E-state index in [1.54, 1.807) is 36.4 Å². The van der Waals surface area contributed by atoms with Gasteiger partial charge in [0.25, 0.3) is 5.69 Å². The van der Waals surface area contributed by atoms with Gasteiger partial charge in [-0.2, -0.15) is 0 Å². The Morgan fingerprint density at radius 3 is 3.05 bits per heavy atom. The van der Waals surface area contributed by atoms with Crippen molar-refractivity contribution in [2.75, 3.05) is 0 Å². The van der Waals surface area contributed by atoms with Gasteiger partial charge < -0.3 is 9.67 Å². The predicted octanol–water partition coefficient (Wildman–Crippen LogP) is 2.95.